The van der Waals surface area contributed by atoms with Gasteiger partial charge in [0.1, 0.15) is 5.76 Å². The van der Waals surface area contributed by atoms with Crippen LogP contribution in [-0.2, 0) is 6.42 Å². The van der Waals surface area contributed by atoms with E-state index in [-0.39, 0.29) is 11.7 Å². The first-order valence-corrected chi connectivity index (χ1v) is 8.26. The largest absolute Gasteiger partial charge is 0.451 e. The smallest absolute Gasteiger partial charge is 0.287 e. The minimum absolute atomic E-state index is 0.245. The van der Waals surface area contributed by atoms with E-state index in [1.165, 1.54) is 5.56 Å². The van der Waals surface area contributed by atoms with Gasteiger partial charge in [-0.05, 0) is 42.3 Å². The Balaban J connectivity index is 1.64. The summed E-state index contributed by atoms with van der Waals surface area (Å²) in [5.74, 6) is 0.500. The van der Waals surface area contributed by atoms with E-state index < -0.39 is 0 Å². The first-order valence-electron chi connectivity index (χ1n) is 7.51. The van der Waals surface area contributed by atoms with Crippen molar-refractivity contribution in [2.45, 2.75) is 6.42 Å². The lowest BCUT2D eigenvalue weighted by Gasteiger charge is -2.04. The molecule has 1 heterocycles. The normalized spacial score (nSPS) is 10.6. The third kappa shape index (κ3) is 3.99. The van der Waals surface area contributed by atoms with Crippen molar-refractivity contribution in [3.63, 3.8) is 0 Å². The van der Waals surface area contributed by atoms with Crippen LogP contribution in [-0.4, -0.2) is 12.5 Å². The van der Waals surface area contributed by atoms with Crippen LogP contribution in [0.5, 0.6) is 0 Å². The van der Waals surface area contributed by atoms with Gasteiger partial charge in [0.05, 0.1) is 5.02 Å². The third-order valence-electron chi connectivity index (χ3n) is 3.57. The Hall–Kier alpha value is -2.23. The zero-order chi connectivity index (χ0) is 16.9. The van der Waals surface area contributed by atoms with Crippen molar-refractivity contribution in [3.05, 3.63) is 82.0 Å². The van der Waals surface area contributed by atoms with E-state index in [0.29, 0.717) is 27.9 Å². The lowest BCUT2D eigenvalue weighted by Crippen LogP contribution is -2.25. The summed E-state index contributed by atoms with van der Waals surface area (Å²) in [6.45, 7) is 0.538. The summed E-state index contributed by atoms with van der Waals surface area (Å²) >= 11 is 12.1. The topological polar surface area (TPSA) is 42.2 Å². The highest BCUT2D eigenvalue weighted by Gasteiger charge is 2.14. The van der Waals surface area contributed by atoms with E-state index in [1.807, 2.05) is 30.3 Å². The van der Waals surface area contributed by atoms with Crippen molar-refractivity contribution in [1.82, 2.24) is 5.32 Å². The highest BCUT2D eigenvalue weighted by atomic mass is 35.5. The second-order valence-corrected chi connectivity index (χ2v) is 6.12. The average molecular weight is 360 g/mol. The SMILES string of the molecule is O=C(NCCc1ccccc1)c1ccc(-c2cc(Cl)ccc2Cl)o1. The van der Waals surface area contributed by atoms with Gasteiger partial charge in [0.25, 0.3) is 5.91 Å². The summed E-state index contributed by atoms with van der Waals surface area (Å²) in [4.78, 5) is 12.2. The zero-order valence-electron chi connectivity index (χ0n) is 12.8. The van der Waals surface area contributed by atoms with Crippen molar-refractivity contribution in [2.24, 2.45) is 0 Å². The number of carbonyl (C=O) groups is 1. The number of hydrogen-bond acceptors (Lipinski definition) is 2. The molecule has 0 unspecified atom stereocenters. The molecular weight excluding hydrogens is 345 g/mol. The van der Waals surface area contributed by atoms with Gasteiger partial charge in [-0.15, -0.1) is 0 Å². The number of benzene rings is 2. The fraction of sp³-hybridized carbons (Fsp3) is 0.105. The monoisotopic (exact) mass is 359 g/mol. The van der Waals surface area contributed by atoms with Gasteiger partial charge in [-0.3, -0.25) is 4.79 Å². The van der Waals surface area contributed by atoms with Gasteiger partial charge >= 0.3 is 0 Å². The molecule has 0 atom stereocenters. The maximum Gasteiger partial charge on any atom is 0.287 e. The number of furan rings is 1. The number of carbonyl (C=O) groups excluding carboxylic acids is 1. The Morgan fingerprint density at radius 2 is 1.79 bits per heavy atom. The molecular formula is C19H15Cl2NO2. The molecule has 3 nitrogen and oxygen atoms in total. The molecule has 122 valence electrons. The van der Waals surface area contributed by atoms with Gasteiger partial charge < -0.3 is 9.73 Å². The summed E-state index contributed by atoms with van der Waals surface area (Å²) in [6.07, 6.45) is 0.764. The molecule has 0 aliphatic rings. The number of hydrogen-bond donors (Lipinski definition) is 1. The molecule has 0 bridgehead atoms. The average Bonchev–Trinajstić information content (AvgIpc) is 3.08. The summed E-state index contributed by atoms with van der Waals surface area (Å²) in [5.41, 5.74) is 1.83. The fourth-order valence-corrected chi connectivity index (χ4v) is 2.73. The first-order chi connectivity index (χ1) is 11.6. The molecule has 5 heteroatoms. The lowest BCUT2D eigenvalue weighted by atomic mass is 10.1. The van der Waals surface area contributed by atoms with Crippen LogP contribution in [0.2, 0.25) is 10.0 Å². The Morgan fingerprint density at radius 1 is 1.00 bits per heavy atom. The van der Waals surface area contributed by atoms with Crippen LogP contribution < -0.4 is 5.32 Å². The second kappa shape index (κ2) is 7.56. The highest BCUT2D eigenvalue weighted by Crippen LogP contribution is 2.31. The van der Waals surface area contributed by atoms with Crippen molar-refractivity contribution in [1.29, 1.82) is 0 Å². The Morgan fingerprint density at radius 3 is 2.58 bits per heavy atom. The molecule has 3 rings (SSSR count). The van der Waals surface area contributed by atoms with Gasteiger partial charge in [-0.2, -0.15) is 0 Å². The molecule has 0 aliphatic carbocycles. The maximum absolute atomic E-state index is 12.2. The fourth-order valence-electron chi connectivity index (χ4n) is 2.34. The first kappa shape index (κ1) is 16.6. The number of nitrogens with one attached hydrogen (secondary N) is 1. The molecule has 0 saturated carbocycles. The Labute approximate surface area is 150 Å². The quantitative estimate of drug-likeness (QED) is 0.677. The van der Waals surface area contributed by atoms with Crippen LogP contribution in [0.4, 0.5) is 0 Å². The van der Waals surface area contributed by atoms with Crippen LogP contribution in [0.1, 0.15) is 16.1 Å². The number of amides is 1. The molecule has 3 aromatic rings. The number of rotatable bonds is 5. The minimum Gasteiger partial charge on any atom is -0.451 e. The third-order valence-corrected chi connectivity index (χ3v) is 4.13. The van der Waals surface area contributed by atoms with E-state index >= 15 is 0 Å². The van der Waals surface area contributed by atoms with Gasteiger partial charge in [0, 0.05) is 17.1 Å². The predicted octanol–water partition coefficient (Wildman–Crippen LogP) is 5.23. The predicted molar refractivity (Wildman–Crippen MR) is 96.6 cm³/mol. The molecule has 0 spiro atoms. The van der Waals surface area contributed by atoms with Crippen LogP contribution in [0.25, 0.3) is 11.3 Å². The van der Waals surface area contributed by atoms with E-state index in [0.717, 1.165) is 6.42 Å². The summed E-state index contributed by atoms with van der Waals surface area (Å²) < 4.78 is 5.61. The van der Waals surface area contributed by atoms with Crippen molar-refractivity contribution < 1.29 is 9.21 Å². The summed E-state index contributed by atoms with van der Waals surface area (Å²) in [7, 11) is 0. The van der Waals surface area contributed by atoms with Crippen molar-refractivity contribution in [2.75, 3.05) is 6.54 Å². The highest BCUT2D eigenvalue weighted by molar-refractivity contribution is 6.35. The Bertz CT molecular complexity index is 844. The van der Waals surface area contributed by atoms with Crippen LogP contribution >= 0.6 is 23.2 Å². The lowest BCUT2D eigenvalue weighted by molar-refractivity contribution is 0.0927. The van der Waals surface area contributed by atoms with E-state index in [9.17, 15) is 4.79 Å². The van der Waals surface area contributed by atoms with Gasteiger partial charge in [-0.1, -0.05) is 53.5 Å². The molecule has 0 radical (unpaired) electrons. The Kier molecular flexibility index (Phi) is 5.24. The molecule has 0 aliphatic heterocycles. The minimum atomic E-state index is -0.254. The van der Waals surface area contributed by atoms with Gasteiger partial charge in [-0.25, -0.2) is 0 Å². The van der Waals surface area contributed by atoms with Gasteiger partial charge in [0.15, 0.2) is 5.76 Å². The molecule has 24 heavy (non-hydrogen) atoms. The van der Waals surface area contributed by atoms with E-state index in [4.69, 9.17) is 27.6 Å². The molecule has 1 aromatic heterocycles. The molecule has 0 saturated heterocycles. The van der Waals surface area contributed by atoms with Crippen LogP contribution in [0.15, 0.2) is 65.1 Å². The van der Waals surface area contributed by atoms with Crippen LogP contribution in [0, 0.1) is 0 Å². The maximum atomic E-state index is 12.2. The van der Waals surface area contributed by atoms with Crippen LogP contribution in [0.3, 0.4) is 0 Å². The molecule has 1 amide bonds. The zero-order valence-corrected chi connectivity index (χ0v) is 14.3. The van der Waals surface area contributed by atoms with E-state index in [1.54, 1.807) is 30.3 Å². The number of halogens is 2. The second-order valence-electron chi connectivity index (χ2n) is 5.28. The summed E-state index contributed by atoms with van der Waals surface area (Å²) in [5, 5.41) is 3.92. The standard InChI is InChI=1S/C19H15Cl2NO2/c20-14-6-7-16(21)15(12-14)17-8-9-18(24-17)19(23)22-11-10-13-4-2-1-3-5-13/h1-9,12H,10-11H2,(H,22,23). The molecule has 2 aromatic carbocycles. The van der Waals surface area contributed by atoms with Crippen molar-refractivity contribution in [3.8, 4) is 11.3 Å². The van der Waals surface area contributed by atoms with Gasteiger partial charge in [0.2, 0.25) is 0 Å². The summed E-state index contributed by atoms with van der Waals surface area (Å²) in [6, 6.07) is 18.4. The van der Waals surface area contributed by atoms with Crippen molar-refractivity contribution >= 4 is 29.1 Å². The molecule has 0 fully saturated rings. The van der Waals surface area contributed by atoms with E-state index in [2.05, 4.69) is 5.32 Å². The molecule has 1 N–H and O–H groups in total.